The van der Waals surface area contributed by atoms with Gasteiger partial charge in [-0.25, -0.2) is 4.98 Å². The Morgan fingerprint density at radius 3 is 2.26 bits per heavy atom. The first-order valence-corrected chi connectivity index (χ1v) is 12.9. The molecule has 1 aromatic heterocycles. The molecule has 11 heteroatoms. The Balaban J connectivity index is 1.45. The smallest absolute Gasteiger partial charge is 0.221 e. The average molecular weight is 534 g/mol. The van der Waals surface area contributed by atoms with Crippen molar-refractivity contribution in [1.82, 2.24) is 9.97 Å². The van der Waals surface area contributed by atoms with Crippen LogP contribution in [-0.2, 0) is 17.5 Å². The monoisotopic (exact) mass is 533 g/mol. The molecule has 1 unspecified atom stereocenters. The molecule has 4 aromatic rings. The van der Waals surface area contributed by atoms with E-state index < -0.39 is 11.1 Å². The third kappa shape index (κ3) is 6.69. The number of nitrogen functional groups attached to an aromatic ring is 3. The molecule has 0 aliphatic heterocycles. The van der Waals surface area contributed by atoms with Gasteiger partial charge in [0, 0.05) is 46.7 Å². The van der Waals surface area contributed by atoms with Gasteiger partial charge in [-0.15, -0.1) is 0 Å². The molecule has 0 spiro atoms. The zero-order chi connectivity index (χ0) is 27.1. The third-order valence-electron chi connectivity index (χ3n) is 5.87. The summed E-state index contributed by atoms with van der Waals surface area (Å²) in [6.07, 6.45) is 2.81. The molecule has 3 aromatic carbocycles. The minimum absolute atomic E-state index is 0.134. The summed E-state index contributed by atoms with van der Waals surface area (Å²) in [5.41, 5.74) is 21.6. The van der Waals surface area contributed by atoms with Gasteiger partial charge in [-0.3, -0.25) is 4.21 Å². The number of nitrogens with zero attached hydrogens (tertiary/aromatic N) is 3. The fourth-order valence-electron chi connectivity index (χ4n) is 3.94. The Morgan fingerprint density at radius 2 is 1.63 bits per heavy atom. The topological polar surface area (TPSA) is 166 Å². The maximum atomic E-state index is 11.3. The van der Waals surface area contributed by atoms with Gasteiger partial charge >= 0.3 is 0 Å². The molecule has 0 amide bonds. The van der Waals surface area contributed by atoms with Crippen molar-refractivity contribution in [2.45, 2.75) is 17.7 Å². The molecule has 38 heavy (non-hydrogen) atoms. The van der Waals surface area contributed by atoms with Crippen molar-refractivity contribution in [3.63, 3.8) is 0 Å². The van der Waals surface area contributed by atoms with Crippen LogP contribution in [0.1, 0.15) is 17.5 Å². The van der Waals surface area contributed by atoms with Crippen LogP contribution in [0, 0.1) is 0 Å². The fourth-order valence-corrected chi connectivity index (χ4v) is 4.30. The van der Waals surface area contributed by atoms with Gasteiger partial charge in [0.2, 0.25) is 5.95 Å². The standard InChI is InChI=1S/C27H30N6O4S/c1-36-24-12-3-18(15-19-17-31-27(30)32-26(19)29)16-25(24)37-14-2-13-33(21-6-4-20(28)5-7-21)22-8-10-23(11-9-22)38(34)35/h3-12,16-17H,2,13-15,28H2,1H3,(H,34,35)(H4,29,30,31,32)/p-1. The van der Waals surface area contributed by atoms with Gasteiger partial charge in [-0.2, -0.15) is 4.98 Å². The minimum Gasteiger partial charge on any atom is -0.768 e. The van der Waals surface area contributed by atoms with Crippen molar-refractivity contribution in [3.05, 3.63) is 84.1 Å². The molecule has 0 radical (unpaired) electrons. The Bertz CT molecular complexity index is 1400. The van der Waals surface area contributed by atoms with E-state index in [4.69, 9.17) is 26.7 Å². The first kappa shape index (κ1) is 26.7. The van der Waals surface area contributed by atoms with E-state index in [1.54, 1.807) is 37.6 Å². The second kappa shape index (κ2) is 12.3. The Kier molecular flexibility index (Phi) is 8.62. The average Bonchev–Trinajstić information content (AvgIpc) is 2.91. The highest BCUT2D eigenvalue weighted by Crippen LogP contribution is 2.31. The summed E-state index contributed by atoms with van der Waals surface area (Å²) in [6, 6.07) is 19.9. The Hall–Kier alpha value is -4.35. The zero-order valence-electron chi connectivity index (χ0n) is 20.9. The number of nitrogens with two attached hydrogens (primary N) is 3. The minimum atomic E-state index is -2.28. The van der Waals surface area contributed by atoms with E-state index in [1.807, 2.05) is 42.5 Å². The molecule has 10 nitrogen and oxygen atoms in total. The summed E-state index contributed by atoms with van der Waals surface area (Å²) >= 11 is -2.28. The number of benzene rings is 3. The number of aromatic nitrogens is 2. The highest BCUT2D eigenvalue weighted by Gasteiger charge is 2.12. The number of hydrogen-bond donors (Lipinski definition) is 3. The number of methoxy groups -OCH3 is 1. The summed E-state index contributed by atoms with van der Waals surface area (Å²) < 4.78 is 34.1. The van der Waals surface area contributed by atoms with Gasteiger partial charge in [-0.05, 0) is 83.7 Å². The molecule has 0 saturated carbocycles. The normalized spacial score (nSPS) is 11.6. The van der Waals surface area contributed by atoms with Gasteiger partial charge in [0.25, 0.3) is 0 Å². The summed E-state index contributed by atoms with van der Waals surface area (Å²) in [6.45, 7) is 1.03. The van der Waals surface area contributed by atoms with Crippen LogP contribution in [0.25, 0.3) is 0 Å². The van der Waals surface area contributed by atoms with Crippen LogP contribution in [0.4, 0.5) is 28.8 Å². The van der Waals surface area contributed by atoms with E-state index in [-0.39, 0.29) is 10.8 Å². The zero-order valence-corrected chi connectivity index (χ0v) is 21.7. The molecule has 1 atom stereocenters. The van der Waals surface area contributed by atoms with Crippen LogP contribution in [-0.4, -0.2) is 39.0 Å². The summed E-state index contributed by atoms with van der Waals surface area (Å²) in [7, 11) is 1.59. The van der Waals surface area contributed by atoms with Crippen molar-refractivity contribution < 1.29 is 18.2 Å². The van der Waals surface area contributed by atoms with Crippen LogP contribution < -0.4 is 31.6 Å². The van der Waals surface area contributed by atoms with Crippen LogP contribution in [0.3, 0.4) is 0 Å². The van der Waals surface area contributed by atoms with E-state index in [0.717, 1.165) is 22.5 Å². The van der Waals surface area contributed by atoms with Crippen molar-refractivity contribution in [1.29, 1.82) is 0 Å². The maximum absolute atomic E-state index is 11.3. The molecule has 0 fully saturated rings. The van der Waals surface area contributed by atoms with Gasteiger partial charge in [-0.1, -0.05) is 6.07 Å². The predicted octanol–water partition coefficient (Wildman–Crippen LogP) is 3.67. The lowest BCUT2D eigenvalue weighted by Crippen LogP contribution is -2.20. The van der Waals surface area contributed by atoms with Crippen LogP contribution >= 0.6 is 0 Å². The lowest BCUT2D eigenvalue weighted by Gasteiger charge is -2.26. The summed E-state index contributed by atoms with van der Waals surface area (Å²) in [5.74, 6) is 1.70. The number of ether oxygens (including phenoxy) is 2. The van der Waals surface area contributed by atoms with Gasteiger partial charge in [0.1, 0.15) is 5.82 Å². The van der Waals surface area contributed by atoms with E-state index in [2.05, 4.69) is 14.9 Å². The van der Waals surface area contributed by atoms with Crippen LogP contribution in [0.5, 0.6) is 11.5 Å². The highest BCUT2D eigenvalue weighted by atomic mass is 32.2. The van der Waals surface area contributed by atoms with Crippen molar-refractivity contribution in [2.24, 2.45) is 0 Å². The molecule has 0 aliphatic rings. The molecule has 0 bridgehead atoms. The molecule has 4 rings (SSSR count). The van der Waals surface area contributed by atoms with E-state index in [0.29, 0.717) is 49.0 Å². The van der Waals surface area contributed by atoms with Crippen LogP contribution in [0.15, 0.2) is 77.8 Å². The SMILES string of the molecule is COc1ccc(Cc2cnc(N)nc2N)cc1OCCCN(c1ccc(N)cc1)c1ccc(S(=O)[O-])cc1. The van der Waals surface area contributed by atoms with E-state index >= 15 is 0 Å². The maximum Gasteiger partial charge on any atom is 0.221 e. The number of rotatable bonds is 11. The lowest BCUT2D eigenvalue weighted by atomic mass is 10.1. The molecular weight excluding hydrogens is 504 g/mol. The van der Waals surface area contributed by atoms with Crippen molar-refractivity contribution in [3.8, 4) is 11.5 Å². The number of hydrogen-bond acceptors (Lipinski definition) is 10. The van der Waals surface area contributed by atoms with Gasteiger partial charge in [0.15, 0.2) is 11.5 Å². The predicted molar refractivity (Wildman–Crippen MR) is 148 cm³/mol. The van der Waals surface area contributed by atoms with E-state index in [9.17, 15) is 8.76 Å². The fraction of sp³-hybridized carbons (Fsp3) is 0.185. The Morgan fingerprint density at radius 1 is 0.947 bits per heavy atom. The van der Waals surface area contributed by atoms with Gasteiger partial charge < -0.3 is 36.1 Å². The summed E-state index contributed by atoms with van der Waals surface area (Å²) in [4.78, 5) is 10.4. The Labute approximate surface area is 223 Å². The molecule has 0 saturated heterocycles. The molecular formula is C27H29N6O4S-. The first-order valence-electron chi connectivity index (χ1n) is 11.8. The lowest BCUT2D eigenvalue weighted by molar-refractivity contribution is 0.291. The molecule has 0 aliphatic carbocycles. The van der Waals surface area contributed by atoms with Crippen LogP contribution in [0.2, 0.25) is 0 Å². The third-order valence-corrected chi connectivity index (χ3v) is 6.53. The molecule has 6 N–H and O–H groups in total. The van der Waals surface area contributed by atoms with Gasteiger partial charge in [0.05, 0.1) is 13.7 Å². The largest absolute Gasteiger partial charge is 0.768 e. The van der Waals surface area contributed by atoms with E-state index in [1.165, 1.54) is 0 Å². The van der Waals surface area contributed by atoms with Crippen molar-refractivity contribution in [2.75, 3.05) is 42.4 Å². The second-order valence-electron chi connectivity index (χ2n) is 8.47. The highest BCUT2D eigenvalue weighted by molar-refractivity contribution is 7.79. The summed E-state index contributed by atoms with van der Waals surface area (Å²) in [5, 5.41) is 0. The first-order chi connectivity index (χ1) is 18.3. The second-order valence-corrected chi connectivity index (χ2v) is 9.42. The van der Waals surface area contributed by atoms with Crippen molar-refractivity contribution >= 4 is 39.9 Å². The molecule has 198 valence electrons. The number of anilines is 5. The quantitative estimate of drug-likeness (QED) is 0.147. The molecule has 1 heterocycles.